The number of allylic oxidation sites excluding steroid dienone is 2. The monoisotopic (exact) mass is 441 g/mol. The highest BCUT2D eigenvalue weighted by molar-refractivity contribution is 5.90. The van der Waals surface area contributed by atoms with Crippen LogP contribution in [0.1, 0.15) is 68.9 Å². The van der Waals surface area contributed by atoms with E-state index >= 15 is 0 Å². The summed E-state index contributed by atoms with van der Waals surface area (Å²) in [5.74, 6) is 0.585. The zero-order valence-corrected chi connectivity index (χ0v) is 20.1. The first-order valence-corrected chi connectivity index (χ1v) is 12.0. The lowest BCUT2D eigenvalue weighted by Crippen LogP contribution is -2.14. The van der Waals surface area contributed by atoms with E-state index in [1.807, 2.05) is 49.4 Å². The predicted molar refractivity (Wildman–Crippen MR) is 141 cm³/mol. The summed E-state index contributed by atoms with van der Waals surface area (Å²) in [5.41, 5.74) is 5.94. The van der Waals surface area contributed by atoms with Gasteiger partial charge in [-0.05, 0) is 55.2 Å². The molecule has 0 amide bonds. The van der Waals surface area contributed by atoms with Gasteiger partial charge in [0.1, 0.15) is 5.76 Å². The molecule has 1 aromatic heterocycles. The van der Waals surface area contributed by atoms with E-state index in [4.69, 9.17) is 4.42 Å². The van der Waals surface area contributed by atoms with Crippen LogP contribution in [0.4, 0.5) is 0 Å². The standard InChI is InChI=1S/C30H35NO2/c1-4-6-7-11-19-31-22-25-17-15-24(16-18-25)20-23(3)30-27(26-13-9-8-10-14-26)21-29(32)33-28(30)12-5-2/h5,8-10,12-18,20-21,31H,4,6-7,11,19,22H2,1-3H3. The molecule has 0 saturated carbocycles. The highest BCUT2D eigenvalue weighted by Crippen LogP contribution is 2.32. The Morgan fingerprint density at radius 3 is 2.45 bits per heavy atom. The Bertz CT molecular complexity index is 1120. The van der Waals surface area contributed by atoms with Crippen LogP contribution < -0.4 is 10.9 Å². The van der Waals surface area contributed by atoms with E-state index in [-0.39, 0.29) is 5.63 Å². The maximum atomic E-state index is 12.3. The number of nitrogens with one attached hydrogen (secondary N) is 1. The van der Waals surface area contributed by atoms with Crippen molar-refractivity contribution >= 4 is 17.7 Å². The molecule has 0 fully saturated rings. The SMILES string of the molecule is CC=Cc1oc(=O)cc(-c2ccccc2)c1C(C)=Cc1ccc(CNCCCCCC)cc1. The number of benzene rings is 2. The van der Waals surface area contributed by atoms with Crippen molar-refractivity contribution in [2.45, 2.75) is 53.0 Å². The average Bonchev–Trinajstić information content (AvgIpc) is 2.82. The fraction of sp³-hybridized carbons (Fsp3) is 0.300. The minimum Gasteiger partial charge on any atom is -0.423 e. The van der Waals surface area contributed by atoms with Crippen LogP contribution >= 0.6 is 0 Å². The molecule has 0 saturated heterocycles. The summed E-state index contributed by atoms with van der Waals surface area (Å²) in [6, 6.07) is 20.2. The van der Waals surface area contributed by atoms with Crippen LogP contribution in [-0.2, 0) is 6.54 Å². The largest absolute Gasteiger partial charge is 0.423 e. The lowest BCUT2D eigenvalue weighted by molar-refractivity contribution is 0.500. The van der Waals surface area contributed by atoms with Gasteiger partial charge in [-0.1, -0.05) is 92.9 Å². The molecule has 0 spiro atoms. The third-order valence-corrected chi connectivity index (χ3v) is 5.68. The van der Waals surface area contributed by atoms with Gasteiger partial charge >= 0.3 is 5.63 Å². The Labute approximate surface area is 197 Å². The Kier molecular flexibility index (Phi) is 9.46. The van der Waals surface area contributed by atoms with Gasteiger partial charge in [0, 0.05) is 23.7 Å². The van der Waals surface area contributed by atoms with Gasteiger partial charge in [-0.15, -0.1) is 0 Å². The van der Waals surface area contributed by atoms with E-state index in [0.29, 0.717) is 5.76 Å². The van der Waals surface area contributed by atoms with Crippen LogP contribution in [0.2, 0.25) is 0 Å². The summed E-state index contributed by atoms with van der Waals surface area (Å²) < 4.78 is 5.58. The topological polar surface area (TPSA) is 42.2 Å². The van der Waals surface area contributed by atoms with Crippen molar-refractivity contribution in [1.29, 1.82) is 0 Å². The molecule has 0 aliphatic rings. The molecule has 33 heavy (non-hydrogen) atoms. The molecule has 172 valence electrons. The van der Waals surface area contributed by atoms with Crippen LogP contribution in [0.5, 0.6) is 0 Å². The first kappa shape index (κ1) is 24.5. The van der Waals surface area contributed by atoms with E-state index in [0.717, 1.165) is 40.9 Å². The molecule has 0 aliphatic heterocycles. The molecule has 0 aliphatic carbocycles. The van der Waals surface area contributed by atoms with Crippen LogP contribution in [0.15, 0.2) is 76.0 Å². The van der Waals surface area contributed by atoms with Gasteiger partial charge in [-0.25, -0.2) is 4.79 Å². The summed E-state index contributed by atoms with van der Waals surface area (Å²) in [6.45, 7) is 8.19. The highest BCUT2D eigenvalue weighted by Gasteiger charge is 2.14. The molecule has 1 N–H and O–H groups in total. The molecule has 0 bridgehead atoms. The zero-order chi connectivity index (χ0) is 23.5. The quantitative estimate of drug-likeness (QED) is 0.312. The summed E-state index contributed by atoms with van der Waals surface area (Å²) >= 11 is 0. The molecule has 0 unspecified atom stereocenters. The molecular formula is C30H35NO2. The first-order valence-electron chi connectivity index (χ1n) is 12.0. The van der Waals surface area contributed by atoms with Gasteiger partial charge in [0.25, 0.3) is 0 Å². The van der Waals surface area contributed by atoms with Gasteiger partial charge in [0.2, 0.25) is 0 Å². The normalized spacial score (nSPS) is 11.9. The molecule has 0 atom stereocenters. The molecular weight excluding hydrogens is 406 g/mol. The van der Waals surface area contributed by atoms with Crippen molar-refractivity contribution in [2.75, 3.05) is 6.54 Å². The van der Waals surface area contributed by atoms with Crippen LogP contribution in [0.3, 0.4) is 0 Å². The van der Waals surface area contributed by atoms with Crippen LogP contribution in [0.25, 0.3) is 28.9 Å². The summed E-state index contributed by atoms with van der Waals surface area (Å²) in [4.78, 5) is 12.3. The second kappa shape index (κ2) is 12.8. The minimum absolute atomic E-state index is 0.343. The third-order valence-electron chi connectivity index (χ3n) is 5.68. The van der Waals surface area contributed by atoms with E-state index in [9.17, 15) is 4.79 Å². The Balaban J connectivity index is 1.83. The van der Waals surface area contributed by atoms with Gasteiger partial charge in [-0.2, -0.15) is 0 Å². The smallest absolute Gasteiger partial charge is 0.336 e. The molecule has 2 aromatic carbocycles. The highest BCUT2D eigenvalue weighted by atomic mass is 16.4. The fourth-order valence-electron chi connectivity index (χ4n) is 4.00. The third kappa shape index (κ3) is 7.16. The van der Waals surface area contributed by atoms with E-state index in [1.54, 1.807) is 6.07 Å². The summed E-state index contributed by atoms with van der Waals surface area (Å²) in [6.07, 6.45) is 11.0. The molecule has 0 radical (unpaired) electrons. The molecule has 3 rings (SSSR count). The Morgan fingerprint density at radius 2 is 1.76 bits per heavy atom. The maximum absolute atomic E-state index is 12.3. The van der Waals surface area contributed by atoms with E-state index in [1.165, 1.54) is 31.2 Å². The van der Waals surface area contributed by atoms with E-state index < -0.39 is 0 Å². The molecule has 3 aromatic rings. The Hall–Kier alpha value is -3.17. The van der Waals surface area contributed by atoms with Crippen LogP contribution in [-0.4, -0.2) is 6.54 Å². The Morgan fingerprint density at radius 1 is 1.00 bits per heavy atom. The second-order valence-electron chi connectivity index (χ2n) is 8.39. The maximum Gasteiger partial charge on any atom is 0.336 e. The molecule has 3 nitrogen and oxygen atoms in total. The number of unbranched alkanes of at least 4 members (excludes halogenated alkanes) is 3. The van der Waals surface area contributed by atoms with Crippen molar-refractivity contribution in [3.63, 3.8) is 0 Å². The van der Waals surface area contributed by atoms with Gasteiger partial charge in [0.05, 0.1) is 0 Å². The zero-order valence-electron chi connectivity index (χ0n) is 20.1. The lowest BCUT2D eigenvalue weighted by Gasteiger charge is -2.13. The van der Waals surface area contributed by atoms with Crippen molar-refractivity contribution in [3.05, 3.63) is 99.6 Å². The van der Waals surface area contributed by atoms with E-state index in [2.05, 4.69) is 49.5 Å². The number of rotatable bonds is 11. The van der Waals surface area contributed by atoms with Gasteiger partial charge < -0.3 is 9.73 Å². The minimum atomic E-state index is -0.343. The average molecular weight is 442 g/mol. The fourth-order valence-corrected chi connectivity index (χ4v) is 4.00. The van der Waals surface area contributed by atoms with Crippen molar-refractivity contribution < 1.29 is 4.42 Å². The van der Waals surface area contributed by atoms with Gasteiger partial charge in [0.15, 0.2) is 0 Å². The summed E-state index contributed by atoms with van der Waals surface area (Å²) in [5, 5.41) is 3.53. The lowest BCUT2D eigenvalue weighted by atomic mass is 9.93. The van der Waals surface area contributed by atoms with Crippen molar-refractivity contribution in [2.24, 2.45) is 0 Å². The van der Waals surface area contributed by atoms with Crippen molar-refractivity contribution in [3.8, 4) is 11.1 Å². The number of hydrogen-bond acceptors (Lipinski definition) is 3. The second-order valence-corrected chi connectivity index (χ2v) is 8.39. The predicted octanol–water partition coefficient (Wildman–Crippen LogP) is 7.57. The van der Waals surface area contributed by atoms with Gasteiger partial charge in [-0.3, -0.25) is 0 Å². The van der Waals surface area contributed by atoms with Crippen LogP contribution in [0, 0.1) is 0 Å². The first-order chi connectivity index (χ1) is 16.1. The number of hydrogen-bond donors (Lipinski definition) is 1. The van der Waals surface area contributed by atoms with Crippen molar-refractivity contribution in [1.82, 2.24) is 5.32 Å². The molecule has 3 heteroatoms. The summed E-state index contributed by atoms with van der Waals surface area (Å²) in [7, 11) is 0. The molecule has 1 heterocycles.